The molecule has 120 valence electrons. The number of nitrogens with zero attached hydrogens (tertiary/aromatic N) is 1. The number of likely N-dealkylation sites (tertiary alicyclic amines) is 1. The van der Waals surface area contributed by atoms with Gasteiger partial charge in [-0.2, -0.15) is 0 Å². The molecular formula is C14H24N2O5. The van der Waals surface area contributed by atoms with Crippen LogP contribution >= 0.6 is 0 Å². The minimum absolute atomic E-state index is 0.0875. The van der Waals surface area contributed by atoms with Crippen molar-refractivity contribution in [1.82, 2.24) is 10.2 Å². The molecule has 1 unspecified atom stereocenters. The molecule has 1 aliphatic rings. The van der Waals surface area contributed by atoms with Crippen molar-refractivity contribution in [1.29, 1.82) is 0 Å². The van der Waals surface area contributed by atoms with Crippen LogP contribution in [0.15, 0.2) is 0 Å². The zero-order valence-electron chi connectivity index (χ0n) is 13.0. The Kier molecular flexibility index (Phi) is 5.57. The van der Waals surface area contributed by atoms with Gasteiger partial charge in [0.2, 0.25) is 0 Å². The summed E-state index contributed by atoms with van der Waals surface area (Å²) in [6.07, 6.45) is 0.806. The van der Waals surface area contributed by atoms with Crippen LogP contribution in [0, 0.1) is 11.3 Å². The van der Waals surface area contributed by atoms with Gasteiger partial charge in [0.15, 0.2) is 0 Å². The maximum absolute atomic E-state index is 12.2. The monoisotopic (exact) mass is 300 g/mol. The van der Waals surface area contributed by atoms with Crippen molar-refractivity contribution in [3.8, 4) is 0 Å². The summed E-state index contributed by atoms with van der Waals surface area (Å²) in [5.74, 6) is -1.40. The normalized spacial score (nSPS) is 19.0. The summed E-state index contributed by atoms with van der Waals surface area (Å²) < 4.78 is 4.68. The quantitative estimate of drug-likeness (QED) is 0.757. The molecule has 1 atom stereocenters. The highest BCUT2D eigenvalue weighted by molar-refractivity contribution is 5.84. The number of methoxy groups -OCH3 is 1. The highest BCUT2D eigenvalue weighted by atomic mass is 16.5. The van der Waals surface area contributed by atoms with Gasteiger partial charge in [0.1, 0.15) is 6.04 Å². The first-order valence-electron chi connectivity index (χ1n) is 7.08. The molecule has 0 bridgehead atoms. The summed E-state index contributed by atoms with van der Waals surface area (Å²) in [6, 6.07) is -1.05. The third-order valence-corrected chi connectivity index (χ3v) is 4.07. The van der Waals surface area contributed by atoms with E-state index in [1.807, 2.05) is 13.8 Å². The second-order valence-corrected chi connectivity index (χ2v) is 6.05. The van der Waals surface area contributed by atoms with Gasteiger partial charge in [-0.3, -0.25) is 4.79 Å². The second kappa shape index (κ2) is 6.78. The molecule has 0 spiro atoms. The van der Waals surface area contributed by atoms with Gasteiger partial charge < -0.3 is 20.1 Å². The number of rotatable bonds is 4. The molecule has 2 amide bonds. The number of hydrogen-bond donors (Lipinski definition) is 2. The number of amides is 2. The minimum atomic E-state index is -0.836. The Hall–Kier alpha value is -1.79. The average molecular weight is 300 g/mol. The lowest BCUT2D eigenvalue weighted by molar-refractivity contribution is -0.150. The summed E-state index contributed by atoms with van der Waals surface area (Å²) in [5, 5.41) is 11.8. The van der Waals surface area contributed by atoms with Gasteiger partial charge in [0, 0.05) is 13.1 Å². The number of hydrogen-bond acceptors (Lipinski definition) is 4. The molecule has 0 aromatic carbocycles. The fourth-order valence-corrected chi connectivity index (χ4v) is 2.27. The van der Waals surface area contributed by atoms with Crippen molar-refractivity contribution in [3.63, 3.8) is 0 Å². The molecule has 1 heterocycles. The molecule has 1 aliphatic heterocycles. The third kappa shape index (κ3) is 4.09. The largest absolute Gasteiger partial charge is 0.481 e. The third-order valence-electron chi connectivity index (χ3n) is 4.07. The smallest absolute Gasteiger partial charge is 0.328 e. The molecular weight excluding hydrogens is 276 g/mol. The molecule has 21 heavy (non-hydrogen) atoms. The number of carboxylic acids is 1. The Morgan fingerprint density at radius 1 is 1.24 bits per heavy atom. The maximum Gasteiger partial charge on any atom is 0.328 e. The van der Waals surface area contributed by atoms with E-state index in [2.05, 4.69) is 10.1 Å². The zero-order valence-corrected chi connectivity index (χ0v) is 13.0. The van der Waals surface area contributed by atoms with E-state index < -0.39 is 23.4 Å². The number of urea groups is 1. The number of carbonyl (C=O) groups is 3. The molecule has 7 nitrogen and oxygen atoms in total. The Morgan fingerprint density at radius 2 is 1.76 bits per heavy atom. The molecule has 0 aliphatic carbocycles. The van der Waals surface area contributed by atoms with Crippen LogP contribution in [-0.2, 0) is 14.3 Å². The average Bonchev–Trinajstić information content (AvgIpc) is 2.44. The first-order chi connectivity index (χ1) is 9.71. The molecule has 0 aromatic heterocycles. The van der Waals surface area contributed by atoms with Crippen molar-refractivity contribution < 1.29 is 24.2 Å². The van der Waals surface area contributed by atoms with Gasteiger partial charge in [-0.05, 0) is 25.7 Å². The van der Waals surface area contributed by atoms with Gasteiger partial charge in [0.05, 0.1) is 12.5 Å². The van der Waals surface area contributed by atoms with Gasteiger partial charge in [-0.1, -0.05) is 13.8 Å². The van der Waals surface area contributed by atoms with E-state index in [1.165, 1.54) is 7.11 Å². The number of esters is 1. The Bertz CT molecular complexity index is 414. The SMILES string of the molecule is COC(=O)C(NC(=O)N1CCC(C)(C(=O)O)CC1)C(C)C. The van der Waals surface area contributed by atoms with Gasteiger partial charge >= 0.3 is 18.0 Å². The van der Waals surface area contributed by atoms with Gasteiger partial charge in [0.25, 0.3) is 0 Å². The van der Waals surface area contributed by atoms with Gasteiger partial charge in [-0.25, -0.2) is 9.59 Å². The number of nitrogens with one attached hydrogen (secondary N) is 1. The van der Waals surface area contributed by atoms with Crippen LogP contribution in [0.2, 0.25) is 0 Å². The molecule has 0 saturated carbocycles. The van der Waals surface area contributed by atoms with E-state index in [4.69, 9.17) is 5.11 Å². The topological polar surface area (TPSA) is 95.9 Å². The summed E-state index contributed by atoms with van der Waals surface area (Å²) in [4.78, 5) is 36.5. The number of ether oxygens (including phenoxy) is 1. The molecule has 1 saturated heterocycles. The second-order valence-electron chi connectivity index (χ2n) is 6.05. The summed E-state index contributed by atoms with van der Waals surface area (Å²) in [7, 11) is 1.28. The zero-order chi connectivity index (χ0) is 16.2. The van der Waals surface area contributed by atoms with E-state index in [-0.39, 0.29) is 11.9 Å². The van der Waals surface area contributed by atoms with E-state index in [0.29, 0.717) is 25.9 Å². The molecule has 2 N–H and O–H groups in total. The van der Waals surface area contributed by atoms with Crippen molar-refractivity contribution in [3.05, 3.63) is 0 Å². The Labute approximate surface area is 124 Å². The van der Waals surface area contributed by atoms with Gasteiger partial charge in [-0.15, -0.1) is 0 Å². The first-order valence-corrected chi connectivity index (χ1v) is 7.08. The first kappa shape index (κ1) is 17.3. The number of piperidine rings is 1. The lowest BCUT2D eigenvalue weighted by Gasteiger charge is -2.37. The standard InChI is InChI=1S/C14H24N2O5/c1-9(2)10(11(17)21-4)15-13(20)16-7-5-14(3,6-8-16)12(18)19/h9-10H,5-8H2,1-4H3,(H,15,20)(H,18,19). The molecule has 1 fully saturated rings. The lowest BCUT2D eigenvalue weighted by Crippen LogP contribution is -2.53. The Balaban J connectivity index is 2.61. The molecule has 7 heteroatoms. The van der Waals surface area contributed by atoms with E-state index in [0.717, 1.165) is 0 Å². The number of aliphatic carboxylic acids is 1. The van der Waals surface area contributed by atoms with Crippen molar-refractivity contribution in [2.75, 3.05) is 20.2 Å². The van der Waals surface area contributed by atoms with Crippen molar-refractivity contribution >= 4 is 18.0 Å². The van der Waals surface area contributed by atoms with E-state index in [9.17, 15) is 14.4 Å². The Morgan fingerprint density at radius 3 is 2.14 bits per heavy atom. The fourth-order valence-electron chi connectivity index (χ4n) is 2.27. The van der Waals surface area contributed by atoms with Crippen LogP contribution in [0.1, 0.15) is 33.6 Å². The van der Waals surface area contributed by atoms with Crippen molar-refractivity contribution in [2.24, 2.45) is 11.3 Å². The molecule has 0 aromatic rings. The molecule has 1 rings (SSSR count). The highest BCUT2D eigenvalue weighted by Crippen LogP contribution is 2.31. The van der Waals surface area contributed by atoms with Crippen LogP contribution in [0.25, 0.3) is 0 Å². The predicted molar refractivity (Wildman–Crippen MR) is 75.7 cm³/mol. The van der Waals surface area contributed by atoms with Crippen molar-refractivity contribution in [2.45, 2.75) is 39.7 Å². The van der Waals surface area contributed by atoms with Crippen LogP contribution in [0.4, 0.5) is 4.79 Å². The maximum atomic E-state index is 12.2. The van der Waals surface area contributed by atoms with E-state index in [1.54, 1.807) is 11.8 Å². The van der Waals surface area contributed by atoms with Crippen LogP contribution in [0.3, 0.4) is 0 Å². The number of carboxylic acid groups (broad SMARTS) is 1. The number of carbonyl (C=O) groups excluding carboxylic acids is 2. The summed E-state index contributed by atoms with van der Waals surface area (Å²) >= 11 is 0. The lowest BCUT2D eigenvalue weighted by atomic mass is 9.80. The summed E-state index contributed by atoms with van der Waals surface area (Å²) in [5.41, 5.74) is -0.781. The summed E-state index contributed by atoms with van der Waals surface area (Å²) in [6.45, 7) is 6.05. The van der Waals surface area contributed by atoms with Crippen LogP contribution in [0.5, 0.6) is 0 Å². The highest BCUT2D eigenvalue weighted by Gasteiger charge is 2.38. The van der Waals surface area contributed by atoms with Crippen LogP contribution in [-0.4, -0.2) is 54.2 Å². The van der Waals surface area contributed by atoms with E-state index >= 15 is 0 Å². The minimum Gasteiger partial charge on any atom is -0.481 e. The molecule has 0 radical (unpaired) electrons. The van der Waals surface area contributed by atoms with Crippen LogP contribution < -0.4 is 5.32 Å². The fraction of sp³-hybridized carbons (Fsp3) is 0.786. The predicted octanol–water partition coefficient (Wildman–Crippen LogP) is 1.08.